The largest absolute Gasteiger partial charge is 0.465 e. The van der Waals surface area contributed by atoms with Crippen molar-refractivity contribution in [3.8, 4) is 0 Å². The molecule has 4 rings (SSSR count). The normalized spacial score (nSPS) is 18.9. The second-order valence-electron chi connectivity index (χ2n) is 9.54. The average Bonchev–Trinajstić information content (AvgIpc) is 3.27. The molecule has 1 saturated heterocycles. The molecule has 1 aliphatic rings. The quantitative estimate of drug-likeness (QED) is 0.448. The summed E-state index contributed by atoms with van der Waals surface area (Å²) in [5.74, 6) is -0.623. The molecular formula is C27H29F3N2O4. The second-order valence-corrected chi connectivity index (χ2v) is 9.54. The number of ether oxygens (including phenoxy) is 1. The Morgan fingerprint density at radius 2 is 1.81 bits per heavy atom. The molecule has 2 atom stereocenters. The van der Waals surface area contributed by atoms with E-state index in [1.807, 2.05) is 19.9 Å². The summed E-state index contributed by atoms with van der Waals surface area (Å²) in [6, 6.07) is 10.6. The molecule has 0 unspecified atom stereocenters. The van der Waals surface area contributed by atoms with Gasteiger partial charge in [-0.1, -0.05) is 18.2 Å². The Morgan fingerprint density at radius 1 is 1.11 bits per heavy atom. The van der Waals surface area contributed by atoms with E-state index < -0.39 is 24.8 Å². The molecule has 192 valence electrons. The molecule has 0 bridgehead atoms. The van der Waals surface area contributed by atoms with E-state index in [1.54, 1.807) is 30.3 Å². The number of aromatic nitrogens is 1. The monoisotopic (exact) mass is 502 g/mol. The summed E-state index contributed by atoms with van der Waals surface area (Å²) in [6.07, 6.45) is -2.64. The van der Waals surface area contributed by atoms with Crippen molar-refractivity contribution < 1.29 is 32.6 Å². The van der Waals surface area contributed by atoms with Crippen LogP contribution < -0.4 is 0 Å². The average molecular weight is 503 g/mol. The lowest BCUT2D eigenvalue weighted by atomic mass is 9.76. The van der Waals surface area contributed by atoms with Gasteiger partial charge in [-0.05, 0) is 85.5 Å². The molecule has 0 saturated carbocycles. The highest BCUT2D eigenvalue weighted by atomic mass is 19.4. The van der Waals surface area contributed by atoms with Crippen LogP contribution in [0.4, 0.5) is 18.0 Å². The lowest BCUT2D eigenvalue weighted by Gasteiger charge is -2.39. The van der Waals surface area contributed by atoms with Gasteiger partial charge in [0.25, 0.3) is 0 Å². The highest BCUT2D eigenvalue weighted by molar-refractivity contribution is 5.94. The maximum atomic E-state index is 13.2. The van der Waals surface area contributed by atoms with Crippen LogP contribution in [0.25, 0.3) is 10.9 Å². The Bertz CT molecular complexity index is 1280. The van der Waals surface area contributed by atoms with Crippen LogP contribution in [0.1, 0.15) is 45.0 Å². The number of carboxylic acid groups (broad SMARTS) is 1. The van der Waals surface area contributed by atoms with Gasteiger partial charge in [0.05, 0.1) is 24.7 Å². The summed E-state index contributed by atoms with van der Waals surface area (Å²) in [7, 11) is 1.30. The molecule has 0 amide bonds. The van der Waals surface area contributed by atoms with Gasteiger partial charge in [-0.15, -0.1) is 0 Å². The number of hydrogen-bond acceptors (Lipinski definition) is 4. The zero-order chi connectivity index (χ0) is 26.2. The standard InChI is InChI=1S/C27H29F3N2O4/c1-16-12-17(2)24-21(9-11-32(24)26(34)35)22(16)13-20-8-10-31(15-27(28,29)30)14-23(20)18-4-6-19(7-5-18)25(33)36-3/h4-7,9,11-12,20,23H,8,10,13-15H2,1-3H3,(H,34,35)/t20-,23-/m1/s1. The highest BCUT2D eigenvalue weighted by Gasteiger charge is 2.37. The lowest BCUT2D eigenvalue weighted by molar-refractivity contribution is -0.149. The number of rotatable bonds is 5. The molecule has 6 nitrogen and oxygen atoms in total. The van der Waals surface area contributed by atoms with Crippen molar-refractivity contribution in [2.75, 3.05) is 26.7 Å². The fourth-order valence-corrected chi connectivity index (χ4v) is 5.53. The van der Waals surface area contributed by atoms with Crippen LogP contribution in [0.2, 0.25) is 0 Å². The van der Waals surface area contributed by atoms with E-state index in [-0.39, 0.29) is 18.4 Å². The van der Waals surface area contributed by atoms with Crippen molar-refractivity contribution in [3.63, 3.8) is 0 Å². The number of halogens is 3. The summed E-state index contributed by atoms with van der Waals surface area (Å²) in [5.41, 5.74) is 4.78. The summed E-state index contributed by atoms with van der Waals surface area (Å²) in [5, 5.41) is 10.5. The number of methoxy groups -OCH3 is 1. The van der Waals surface area contributed by atoms with Crippen LogP contribution in [0.3, 0.4) is 0 Å². The number of benzene rings is 2. The van der Waals surface area contributed by atoms with E-state index in [2.05, 4.69) is 0 Å². The molecule has 1 aromatic heterocycles. The van der Waals surface area contributed by atoms with Gasteiger partial charge in [0, 0.05) is 18.1 Å². The molecule has 9 heteroatoms. The number of esters is 1. The number of aryl methyl sites for hydroxylation is 2. The van der Waals surface area contributed by atoms with Crippen molar-refractivity contribution in [1.82, 2.24) is 9.47 Å². The highest BCUT2D eigenvalue weighted by Crippen LogP contribution is 2.38. The molecule has 1 N–H and O–H groups in total. The molecular weight excluding hydrogens is 473 g/mol. The van der Waals surface area contributed by atoms with Gasteiger partial charge in [0.15, 0.2) is 0 Å². The van der Waals surface area contributed by atoms with E-state index in [1.165, 1.54) is 22.8 Å². The molecule has 0 radical (unpaired) electrons. The first-order valence-corrected chi connectivity index (χ1v) is 11.8. The van der Waals surface area contributed by atoms with Gasteiger partial charge in [-0.3, -0.25) is 9.47 Å². The Kier molecular flexibility index (Phi) is 7.13. The summed E-state index contributed by atoms with van der Waals surface area (Å²) >= 11 is 0. The number of likely N-dealkylation sites (tertiary alicyclic amines) is 1. The van der Waals surface area contributed by atoms with E-state index in [9.17, 15) is 27.9 Å². The first kappa shape index (κ1) is 25.8. The van der Waals surface area contributed by atoms with E-state index in [0.717, 1.165) is 27.6 Å². The predicted octanol–water partition coefficient (Wildman–Crippen LogP) is 5.78. The van der Waals surface area contributed by atoms with Gasteiger partial charge in [-0.2, -0.15) is 13.2 Å². The smallest absolute Gasteiger partial charge is 0.416 e. The van der Waals surface area contributed by atoms with Gasteiger partial charge in [0.1, 0.15) is 0 Å². The summed E-state index contributed by atoms with van der Waals surface area (Å²) in [6.45, 7) is 3.46. The first-order valence-electron chi connectivity index (χ1n) is 11.8. The second kappa shape index (κ2) is 9.97. The van der Waals surface area contributed by atoms with Crippen molar-refractivity contribution in [2.45, 2.75) is 38.8 Å². The third-order valence-electron chi connectivity index (χ3n) is 7.17. The van der Waals surface area contributed by atoms with Crippen LogP contribution >= 0.6 is 0 Å². The molecule has 3 aromatic rings. The molecule has 1 aliphatic heterocycles. The van der Waals surface area contributed by atoms with E-state index in [4.69, 9.17) is 4.74 Å². The fraction of sp³-hybridized carbons (Fsp3) is 0.407. The summed E-state index contributed by atoms with van der Waals surface area (Å²) in [4.78, 5) is 25.0. The maximum absolute atomic E-state index is 13.2. The lowest BCUT2D eigenvalue weighted by Crippen LogP contribution is -2.44. The molecule has 2 heterocycles. The Balaban J connectivity index is 1.70. The molecule has 1 fully saturated rings. The number of fused-ring (bicyclic) bond motifs is 1. The van der Waals surface area contributed by atoms with E-state index >= 15 is 0 Å². The van der Waals surface area contributed by atoms with Gasteiger partial charge in [-0.25, -0.2) is 9.59 Å². The number of hydrogen-bond donors (Lipinski definition) is 1. The van der Waals surface area contributed by atoms with Crippen molar-refractivity contribution in [3.05, 3.63) is 70.4 Å². The third kappa shape index (κ3) is 5.26. The van der Waals surface area contributed by atoms with Crippen molar-refractivity contribution >= 4 is 23.0 Å². The molecule has 0 aliphatic carbocycles. The van der Waals surface area contributed by atoms with Crippen LogP contribution in [0.5, 0.6) is 0 Å². The minimum atomic E-state index is -4.29. The zero-order valence-electron chi connectivity index (χ0n) is 20.4. The van der Waals surface area contributed by atoms with Crippen molar-refractivity contribution in [1.29, 1.82) is 0 Å². The number of nitrogens with zero attached hydrogens (tertiary/aromatic N) is 2. The van der Waals surface area contributed by atoms with Crippen molar-refractivity contribution in [2.24, 2.45) is 5.92 Å². The van der Waals surface area contributed by atoms with Crippen LogP contribution in [0.15, 0.2) is 42.6 Å². The number of alkyl halides is 3. The minimum absolute atomic E-state index is 0.0382. The zero-order valence-corrected chi connectivity index (χ0v) is 20.4. The number of carbonyl (C=O) groups is 2. The molecule has 2 aromatic carbocycles. The minimum Gasteiger partial charge on any atom is -0.465 e. The van der Waals surface area contributed by atoms with Crippen LogP contribution in [-0.2, 0) is 11.2 Å². The number of carbonyl (C=O) groups excluding carboxylic acids is 1. The van der Waals surface area contributed by atoms with Gasteiger partial charge >= 0.3 is 18.2 Å². The SMILES string of the molecule is COC(=O)c1ccc([C@H]2CN(CC(F)(F)F)CC[C@@H]2Cc2c(C)cc(C)c3c2ccn3C(=O)O)cc1. The van der Waals surface area contributed by atoms with Crippen LogP contribution in [-0.4, -0.2) is 59.6 Å². The fourth-order valence-electron chi connectivity index (χ4n) is 5.53. The van der Waals surface area contributed by atoms with Crippen LogP contribution in [0, 0.1) is 19.8 Å². The molecule has 36 heavy (non-hydrogen) atoms. The van der Waals surface area contributed by atoms with Gasteiger partial charge < -0.3 is 9.84 Å². The first-order chi connectivity index (χ1) is 17.0. The van der Waals surface area contributed by atoms with E-state index in [0.29, 0.717) is 30.5 Å². The maximum Gasteiger partial charge on any atom is 0.416 e. The Labute approximate surface area is 207 Å². The third-order valence-corrected chi connectivity index (χ3v) is 7.17. The molecule has 0 spiro atoms. The number of piperidine rings is 1. The topological polar surface area (TPSA) is 71.8 Å². The Hall–Kier alpha value is -3.33. The Morgan fingerprint density at radius 3 is 2.42 bits per heavy atom. The van der Waals surface area contributed by atoms with Gasteiger partial charge in [0.2, 0.25) is 0 Å². The predicted molar refractivity (Wildman–Crippen MR) is 130 cm³/mol. The summed E-state index contributed by atoms with van der Waals surface area (Å²) < 4.78 is 45.5.